The molecule has 5 aliphatic rings. The molecule has 0 heterocycles. The third-order valence-corrected chi connectivity index (χ3v) is 14.0. The fourth-order valence-corrected chi connectivity index (χ4v) is 11.3. The van der Waals surface area contributed by atoms with Crippen molar-refractivity contribution in [3.63, 3.8) is 0 Å². The topological polar surface area (TPSA) is 40.5 Å². The Hall–Kier alpha value is -0.0800. The third kappa shape index (κ3) is 2.78. The highest BCUT2D eigenvalue weighted by Crippen LogP contribution is 2.78. The number of aliphatic hydroxyl groups is 2. The van der Waals surface area contributed by atoms with Gasteiger partial charge in [0.1, 0.15) is 0 Å². The summed E-state index contributed by atoms with van der Waals surface area (Å²) in [5.74, 6) is 2.30. The average Bonchev–Trinajstić information content (AvgIpc) is 2.72. The molecule has 0 aromatic heterocycles. The molecule has 11 atom stereocenters. The first-order valence-electron chi connectivity index (χ1n) is 14.0. The highest BCUT2D eigenvalue weighted by molar-refractivity contribution is 5.20. The van der Waals surface area contributed by atoms with Gasteiger partial charge in [0.25, 0.3) is 0 Å². The zero-order valence-electron chi connectivity index (χ0n) is 22.4. The summed E-state index contributed by atoms with van der Waals surface area (Å²) in [7, 11) is 0. The maximum Gasteiger partial charge on any atom is 0.0829 e. The molecular weight excluding hydrogens is 392 g/mol. The lowest BCUT2D eigenvalue weighted by molar-refractivity contribution is -0.270. The minimum atomic E-state index is -0.555. The van der Waals surface area contributed by atoms with Crippen molar-refractivity contribution < 1.29 is 10.2 Å². The Kier molecular flexibility index (Phi) is 5.01. The van der Waals surface area contributed by atoms with Gasteiger partial charge in [0.05, 0.1) is 12.2 Å². The molecule has 0 amide bonds. The van der Waals surface area contributed by atoms with Gasteiger partial charge in [0.15, 0.2) is 0 Å². The van der Waals surface area contributed by atoms with E-state index in [-0.39, 0.29) is 16.7 Å². The smallest absolute Gasteiger partial charge is 0.0829 e. The van der Waals surface area contributed by atoms with E-state index in [9.17, 15) is 10.2 Å². The molecule has 2 nitrogen and oxygen atoms in total. The Balaban J connectivity index is 1.55. The van der Waals surface area contributed by atoms with Crippen LogP contribution in [-0.4, -0.2) is 22.4 Å². The maximum atomic E-state index is 10.8. The fourth-order valence-electron chi connectivity index (χ4n) is 11.3. The molecule has 184 valence electrons. The van der Waals surface area contributed by atoms with Crippen molar-refractivity contribution in [2.75, 3.05) is 0 Å². The van der Waals surface area contributed by atoms with Crippen molar-refractivity contribution >= 4 is 0 Å². The minimum Gasteiger partial charge on any atom is -0.390 e. The molecular formula is C30H52O2. The first-order chi connectivity index (χ1) is 14.6. The van der Waals surface area contributed by atoms with Gasteiger partial charge in [-0.15, -0.1) is 0 Å². The summed E-state index contributed by atoms with van der Waals surface area (Å²) in [4.78, 5) is 0. The number of hydrogen-bond acceptors (Lipinski definition) is 2. The van der Waals surface area contributed by atoms with Crippen LogP contribution in [-0.2, 0) is 0 Å². The second kappa shape index (κ2) is 6.77. The van der Waals surface area contributed by atoms with Gasteiger partial charge >= 0.3 is 0 Å². The Morgan fingerprint density at radius 2 is 1.22 bits per heavy atom. The van der Waals surface area contributed by atoms with Crippen molar-refractivity contribution in [3.05, 3.63) is 0 Å². The SMILES string of the molecule is C[C@H]1[C@@H](O)C(O)CC2[C@]3(C)CCC4(C)[C@@H]5CC(C)(C)CC[C@]5(C)CC[C@]4(C)C3CC[C@@]21C. The van der Waals surface area contributed by atoms with Crippen LogP contribution in [0.25, 0.3) is 0 Å². The highest BCUT2D eigenvalue weighted by atomic mass is 16.3. The van der Waals surface area contributed by atoms with Gasteiger partial charge in [0.2, 0.25) is 0 Å². The third-order valence-electron chi connectivity index (χ3n) is 14.0. The molecule has 32 heavy (non-hydrogen) atoms. The largest absolute Gasteiger partial charge is 0.390 e. The monoisotopic (exact) mass is 444 g/mol. The lowest BCUT2D eigenvalue weighted by atomic mass is 9.30. The van der Waals surface area contributed by atoms with Crippen LogP contribution in [0.15, 0.2) is 0 Å². The van der Waals surface area contributed by atoms with Crippen LogP contribution in [0, 0.1) is 56.2 Å². The Labute approximate surface area is 198 Å². The van der Waals surface area contributed by atoms with Gasteiger partial charge in [0, 0.05) is 0 Å². The molecule has 5 aliphatic carbocycles. The molecule has 0 aromatic rings. The van der Waals surface area contributed by atoms with Gasteiger partial charge in [-0.25, -0.2) is 0 Å². The number of rotatable bonds is 0. The molecule has 5 rings (SSSR count). The minimum absolute atomic E-state index is 0.157. The highest BCUT2D eigenvalue weighted by Gasteiger charge is 2.71. The van der Waals surface area contributed by atoms with Crippen LogP contribution < -0.4 is 0 Å². The van der Waals surface area contributed by atoms with E-state index in [1.54, 1.807) is 0 Å². The number of hydrogen-bond donors (Lipinski definition) is 2. The lowest BCUT2D eigenvalue weighted by Crippen LogP contribution is -2.68. The first-order valence-corrected chi connectivity index (χ1v) is 14.0. The number of aliphatic hydroxyl groups excluding tert-OH is 2. The van der Waals surface area contributed by atoms with E-state index in [1.807, 2.05) is 0 Å². The fraction of sp³-hybridized carbons (Fsp3) is 1.00. The van der Waals surface area contributed by atoms with E-state index in [4.69, 9.17) is 0 Å². The molecule has 5 saturated carbocycles. The molecule has 0 spiro atoms. The summed E-state index contributed by atoms with van der Waals surface area (Å²) < 4.78 is 0. The summed E-state index contributed by atoms with van der Waals surface area (Å²) in [5, 5.41) is 21.6. The van der Waals surface area contributed by atoms with Crippen molar-refractivity contribution in [3.8, 4) is 0 Å². The van der Waals surface area contributed by atoms with Crippen molar-refractivity contribution in [1.82, 2.24) is 0 Å². The standard InChI is InChI=1S/C30H52O2/c1-19-24(32)20(31)17-22-27(19,5)10-9-21-28(22,6)14-16-30(8)23-18-25(2,3)11-12-26(23,4)13-15-29(21,30)7/h19-24,31-32H,9-18H2,1-8H3/t19-,20?,21?,22?,23+,24+,26+,27+,28+,29+,30?/m0/s1. The Morgan fingerprint density at radius 3 is 1.91 bits per heavy atom. The Bertz CT molecular complexity index is 775. The second-order valence-electron chi connectivity index (χ2n) is 15.6. The zero-order valence-corrected chi connectivity index (χ0v) is 22.4. The van der Waals surface area contributed by atoms with Gasteiger partial charge < -0.3 is 10.2 Å². The average molecular weight is 445 g/mol. The normalized spacial score (nSPS) is 61.7. The summed E-state index contributed by atoms with van der Waals surface area (Å²) in [5.41, 5.74) is 2.27. The van der Waals surface area contributed by atoms with Crippen LogP contribution in [0.2, 0.25) is 0 Å². The molecule has 0 bridgehead atoms. The van der Waals surface area contributed by atoms with E-state index < -0.39 is 12.2 Å². The summed E-state index contributed by atoms with van der Waals surface area (Å²) in [6.07, 6.45) is 11.9. The van der Waals surface area contributed by atoms with Crippen molar-refractivity contribution in [2.24, 2.45) is 56.2 Å². The quantitative estimate of drug-likeness (QED) is 0.414. The van der Waals surface area contributed by atoms with Gasteiger partial charge in [-0.05, 0) is 120 Å². The zero-order chi connectivity index (χ0) is 23.5. The van der Waals surface area contributed by atoms with Crippen LogP contribution in [0.4, 0.5) is 0 Å². The van der Waals surface area contributed by atoms with Crippen LogP contribution in [0.5, 0.6) is 0 Å². The molecule has 0 aliphatic heterocycles. The van der Waals surface area contributed by atoms with Crippen molar-refractivity contribution in [2.45, 2.75) is 132 Å². The molecule has 0 aromatic carbocycles. The van der Waals surface area contributed by atoms with E-state index in [0.717, 1.165) is 18.3 Å². The predicted molar refractivity (Wildman–Crippen MR) is 132 cm³/mol. The lowest BCUT2D eigenvalue weighted by Gasteiger charge is -2.75. The van der Waals surface area contributed by atoms with Crippen molar-refractivity contribution in [1.29, 1.82) is 0 Å². The summed E-state index contributed by atoms with van der Waals surface area (Å²) in [6.45, 7) is 20.4. The van der Waals surface area contributed by atoms with Gasteiger partial charge in [-0.2, -0.15) is 0 Å². The second-order valence-corrected chi connectivity index (χ2v) is 15.6. The predicted octanol–water partition coefficient (Wildman–Crippen LogP) is 7.22. The van der Waals surface area contributed by atoms with Crippen LogP contribution >= 0.6 is 0 Å². The molecule has 4 unspecified atom stereocenters. The summed E-state index contributed by atoms with van der Waals surface area (Å²) >= 11 is 0. The summed E-state index contributed by atoms with van der Waals surface area (Å²) in [6, 6.07) is 0. The molecule has 0 saturated heterocycles. The maximum absolute atomic E-state index is 10.8. The number of fused-ring (bicyclic) bond motifs is 7. The molecule has 2 heteroatoms. The van der Waals surface area contributed by atoms with E-state index in [0.29, 0.717) is 27.6 Å². The van der Waals surface area contributed by atoms with Gasteiger partial charge in [-0.1, -0.05) is 55.4 Å². The molecule has 0 radical (unpaired) electrons. The van der Waals surface area contributed by atoms with Crippen LogP contribution in [0.1, 0.15) is 120 Å². The first kappa shape index (κ1) is 23.7. The van der Waals surface area contributed by atoms with E-state index in [2.05, 4.69) is 55.4 Å². The molecule has 2 N–H and O–H groups in total. The van der Waals surface area contributed by atoms with E-state index >= 15 is 0 Å². The Morgan fingerprint density at radius 1 is 0.625 bits per heavy atom. The molecule has 5 fully saturated rings. The van der Waals surface area contributed by atoms with Crippen LogP contribution in [0.3, 0.4) is 0 Å². The van der Waals surface area contributed by atoms with Gasteiger partial charge in [-0.3, -0.25) is 0 Å². The van der Waals surface area contributed by atoms with E-state index in [1.165, 1.54) is 57.8 Å².